The van der Waals surface area contributed by atoms with Crippen molar-refractivity contribution >= 4 is 17.7 Å². The van der Waals surface area contributed by atoms with E-state index in [0.29, 0.717) is 0 Å². The van der Waals surface area contributed by atoms with Crippen LogP contribution in [0.1, 0.15) is 18.1 Å². The third kappa shape index (κ3) is 4.43. The maximum Gasteiger partial charge on any atom is 0.221 e. The SMILES string of the molecule is CC(=O)Nc1ccc(/C=C/Cc2ccccc2)cc1. The summed E-state index contributed by atoms with van der Waals surface area (Å²) in [6.45, 7) is 1.51. The van der Waals surface area contributed by atoms with E-state index in [2.05, 4.69) is 29.6 Å². The second kappa shape index (κ2) is 6.55. The number of amides is 1. The van der Waals surface area contributed by atoms with Gasteiger partial charge in [0.15, 0.2) is 0 Å². The van der Waals surface area contributed by atoms with Gasteiger partial charge >= 0.3 is 0 Å². The first-order valence-electron chi connectivity index (χ1n) is 6.32. The van der Waals surface area contributed by atoms with Crippen molar-refractivity contribution in [3.05, 3.63) is 71.8 Å². The molecule has 0 heterocycles. The van der Waals surface area contributed by atoms with Crippen molar-refractivity contribution in [3.63, 3.8) is 0 Å². The van der Waals surface area contributed by atoms with Crippen molar-refractivity contribution in [2.45, 2.75) is 13.3 Å². The summed E-state index contributed by atoms with van der Waals surface area (Å²) < 4.78 is 0. The second-order valence-electron chi connectivity index (χ2n) is 4.40. The Kier molecular flexibility index (Phi) is 4.51. The third-order valence-electron chi connectivity index (χ3n) is 2.74. The quantitative estimate of drug-likeness (QED) is 0.877. The van der Waals surface area contributed by atoms with Gasteiger partial charge in [-0.15, -0.1) is 0 Å². The molecule has 2 nitrogen and oxygen atoms in total. The molecule has 0 fully saturated rings. The molecule has 2 aromatic rings. The topological polar surface area (TPSA) is 29.1 Å². The van der Waals surface area contributed by atoms with E-state index < -0.39 is 0 Å². The lowest BCUT2D eigenvalue weighted by Crippen LogP contribution is -2.05. The maximum absolute atomic E-state index is 10.9. The molecule has 0 aliphatic heterocycles. The smallest absolute Gasteiger partial charge is 0.221 e. The van der Waals surface area contributed by atoms with Gasteiger partial charge in [0.05, 0.1) is 0 Å². The highest BCUT2D eigenvalue weighted by Crippen LogP contribution is 2.11. The molecular weight excluding hydrogens is 234 g/mol. The molecule has 0 saturated carbocycles. The van der Waals surface area contributed by atoms with Gasteiger partial charge in [-0.1, -0.05) is 54.6 Å². The second-order valence-corrected chi connectivity index (χ2v) is 4.40. The fourth-order valence-electron chi connectivity index (χ4n) is 1.83. The average molecular weight is 251 g/mol. The molecule has 0 aliphatic rings. The Hall–Kier alpha value is -2.35. The van der Waals surface area contributed by atoms with Gasteiger partial charge in [0.25, 0.3) is 0 Å². The number of nitrogens with one attached hydrogen (secondary N) is 1. The van der Waals surface area contributed by atoms with Crippen LogP contribution in [0.15, 0.2) is 60.7 Å². The minimum atomic E-state index is -0.0487. The van der Waals surface area contributed by atoms with E-state index in [0.717, 1.165) is 17.7 Å². The molecule has 0 spiro atoms. The van der Waals surface area contributed by atoms with E-state index >= 15 is 0 Å². The van der Waals surface area contributed by atoms with E-state index in [-0.39, 0.29) is 5.91 Å². The molecule has 0 atom stereocenters. The van der Waals surface area contributed by atoms with Crippen LogP contribution < -0.4 is 5.32 Å². The van der Waals surface area contributed by atoms with Crippen molar-refractivity contribution in [1.82, 2.24) is 0 Å². The van der Waals surface area contributed by atoms with Crippen LogP contribution in [0.25, 0.3) is 6.08 Å². The van der Waals surface area contributed by atoms with Crippen molar-refractivity contribution < 1.29 is 4.79 Å². The molecule has 0 saturated heterocycles. The molecule has 0 aromatic heterocycles. The van der Waals surface area contributed by atoms with E-state index in [1.165, 1.54) is 12.5 Å². The van der Waals surface area contributed by atoms with Crippen LogP contribution in [0.5, 0.6) is 0 Å². The predicted octanol–water partition coefficient (Wildman–Crippen LogP) is 3.90. The zero-order chi connectivity index (χ0) is 13.5. The molecule has 0 radical (unpaired) electrons. The normalized spacial score (nSPS) is 10.6. The summed E-state index contributed by atoms with van der Waals surface area (Å²) >= 11 is 0. The van der Waals surface area contributed by atoms with Crippen molar-refractivity contribution in [2.24, 2.45) is 0 Å². The number of hydrogen-bond donors (Lipinski definition) is 1. The number of anilines is 1. The highest BCUT2D eigenvalue weighted by molar-refractivity contribution is 5.88. The van der Waals surface area contributed by atoms with Gasteiger partial charge in [-0.2, -0.15) is 0 Å². The van der Waals surface area contributed by atoms with Crippen LogP contribution in [0.3, 0.4) is 0 Å². The molecule has 2 heteroatoms. The molecular formula is C17H17NO. The molecule has 0 bridgehead atoms. The highest BCUT2D eigenvalue weighted by Gasteiger charge is 1.94. The van der Waals surface area contributed by atoms with Gasteiger partial charge in [0, 0.05) is 12.6 Å². The molecule has 0 unspecified atom stereocenters. The van der Waals surface area contributed by atoms with Crippen LogP contribution >= 0.6 is 0 Å². The zero-order valence-corrected chi connectivity index (χ0v) is 11.0. The number of carbonyl (C=O) groups is 1. The van der Waals surface area contributed by atoms with Gasteiger partial charge in [-0.3, -0.25) is 4.79 Å². The maximum atomic E-state index is 10.9. The van der Waals surface area contributed by atoms with Crippen molar-refractivity contribution in [1.29, 1.82) is 0 Å². The summed E-state index contributed by atoms with van der Waals surface area (Å²) in [6.07, 6.45) is 5.15. The van der Waals surface area contributed by atoms with Gasteiger partial charge in [-0.25, -0.2) is 0 Å². The molecule has 96 valence electrons. The van der Waals surface area contributed by atoms with Crippen LogP contribution in [-0.2, 0) is 11.2 Å². The molecule has 19 heavy (non-hydrogen) atoms. The Labute approximate surface area is 113 Å². The van der Waals surface area contributed by atoms with Gasteiger partial charge in [0.1, 0.15) is 0 Å². The first-order valence-corrected chi connectivity index (χ1v) is 6.32. The molecule has 2 rings (SSSR count). The van der Waals surface area contributed by atoms with Crippen molar-refractivity contribution in [3.8, 4) is 0 Å². The average Bonchev–Trinajstić information content (AvgIpc) is 2.41. The summed E-state index contributed by atoms with van der Waals surface area (Å²) in [5.41, 5.74) is 3.26. The minimum Gasteiger partial charge on any atom is -0.326 e. The number of benzene rings is 2. The minimum absolute atomic E-state index is 0.0487. The fraction of sp³-hybridized carbons (Fsp3) is 0.118. The van der Waals surface area contributed by atoms with Crippen LogP contribution in [0.2, 0.25) is 0 Å². The zero-order valence-electron chi connectivity index (χ0n) is 11.0. The number of carbonyl (C=O) groups excluding carboxylic acids is 1. The first kappa shape index (κ1) is 13.1. The van der Waals surface area contributed by atoms with Crippen LogP contribution in [-0.4, -0.2) is 5.91 Å². The Morgan fingerprint density at radius 3 is 2.37 bits per heavy atom. The lowest BCUT2D eigenvalue weighted by molar-refractivity contribution is -0.114. The fourth-order valence-corrected chi connectivity index (χ4v) is 1.83. The molecule has 0 aliphatic carbocycles. The first-order chi connectivity index (χ1) is 9.24. The van der Waals surface area contributed by atoms with E-state index in [4.69, 9.17) is 0 Å². The molecule has 1 amide bonds. The largest absolute Gasteiger partial charge is 0.326 e. The Bertz CT molecular complexity index is 556. The summed E-state index contributed by atoms with van der Waals surface area (Å²) in [4.78, 5) is 10.9. The molecule has 2 aromatic carbocycles. The lowest BCUT2D eigenvalue weighted by Gasteiger charge is -2.01. The summed E-state index contributed by atoms with van der Waals surface area (Å²) in [6, 6.07) is 18.1. The number of rotatable bonds is 4. The van der Waals surface area contributed by atoms with Crippen LogP contribution in [0, 0.1) is 0 Å². The van der Waals surface area contributed by atoms with E-state index in [1.807, 2.05) is 42.5 Å². The Morgan fingerprint density at radius 1 is 1.05 bits per heavy atom. The summed E-state index contributed by atoms with van der Waals surface area (Å²) in [5, 5.41) is 2.75. The monoisotopic (exact) mass is 251 g/mol. The highest BCUT2D eigenvalue weighted by atomic mass is 16.1. The lowest BCUT2D eigenvalue weighted by atomic mass is 10.1. The number of hydrogen-bond acceptors (Lipinski definition) is 1. The van der Waals surface area contributed by atoms with E-state index in [9.17, 15) is 4.79 Å². The summed E-state index contributed by atoms with van der Waals surface area (Å²) in [5.74, 6) is -0.0487. The molecule has 1 N–H and O–H groups in total. The summed E-state index contributed by atoms with van der Waals surface area (Å²) in [7, 11) is 0. The van der Waals surface area contributed by atoms with Gasteiger partial charge in [-0.05, 0) is 29.7 Å². The van der Waals surface area contributed by atoms with Gasteiger partial charge in [0.2, 0.25) is 5.91 Å². The van der Waals surface area contributed by atoms with Crippen molar-refractivity contribution in [2.75, 3.05) is 5.32 Å². The number of allylic oxidation sites excluding steroid dienone is 1. The third-order valence-corrected chi connectivity index (χ3v) is 2.74. The predicted molar refractivity (Wildman–Crippen MR) is 79.9 cm³/mol. The Morgan fingerprint density at radius 2 is 1.74 bits per heavy atom. The standard InChI is InChI=1S/C17H17NO/c1-14(19)18-17-12-10-16(11-13-17)9-5-8-15-6-3-2-4-7-15/h2-7,9-13H,8H2,1H3,(H,18,19)/b9-5+. The van der Waals surface area contributed by atoms with E-state index in [1.54, 1.807) is 0 Å². The van der Waals surface area contributed by atoms with Gasteiger partial charge < -0.3 is 5.32 Å². The van der Waals surface area contributed by atoms with Crippen LogP contribution in [0.4, 0.5) is 5.69 Å². The Balaban J connectivity index is 1.94.